The monoisotopic (exact) mass is 218 g/mol. The largest absolute Gasteiger partial charge is 0.106 e. The van der Waals surface area contributed by atoms with Crippen LogP contribution in [-0.2, 0) is 0 Å². The molecule has 0 atom stereocenters. The van der Waals surface area contributed by atoms with E-state index >= 15 is 0 Å². The minimum Gasteiger partial charge on any atom is -0.106 e. The van der Waals surface area contributed by atoms with Crippen molar-refractivity contribution in [2.24, 2.45) is 0 Å². The van der Waals surface area contributed by atoms with Crippen LogP contribution in [0.2, 0.25) is 0 Å². The smallest absolute Gasteiger partial charge is 0.0186 e. The molecule has 0 amide bonds. The van der Waals surface area contributed by atoms with Gasteiger partial charge in [0.15, 0.2) is 0 Å². The highest BCUT2D eigenvalue weighted by molar-refractivity contribution is 8.68. The first-order valence-corrected chi connectivity index (χ1v) is 6.24. The number of hydrogen-bond acceptors (Lipinski definition) is 2. The van der Waals surface area contributed by atoms with Crippen molar-refractivity contribution in [2.75, 3.05) is 0 Å². The van der Waals surface area contributed by atoms with Gasteiger partial charge in [0, 0.05) is 4.90 Å². The van der Waals surface area contributed by atoms with Crippen LogP contribution in [0.3, 0.4) is 0 Å². The molecule has 70 valence electrons. The van der Waals surface area contributed by atoms with Crippen molar-refractivity contribution in [3.63, 3.8) is 0 Å². The topological polar surface area (TPSA) is 0 Å². The van der Waals surface area contributed by atoms with Crippen molar-refractivity contribution in [1.82, 2.24) is 0 Å². The van der Waals surface area contributed by atoms with E-state index in [4.69, 9.17) is 0 Å². The summed E-state index contributed by atoms with van der Waals surface area (Å²) in [7, 11) is 1.47. The standard InChI is InChI=1S/C12H10S2/c13-14-12-8-4-7-11(9-12)10-5-2-1-3-6-10/h1-9,13H. The molecule has 2 aromatic rings. The van der Waals surface area contributed by atoms with Gasteiger partial charge >= 0.3 is 0 Å². The van der Waals surface area contributed by atoms with Crippen LogP contribution in [0.4, 0.5) is 0 Å². The zero-order valence-electron chi connectivity index (χ0n) is 7.55. The molecule has 0 spiro atoms. The fraction of sp³-hybridized carbons (Fsp3) is 0. The van der Waals surface area contributed by atoms with E-state index in [0.717, 1.165) is 0 Å². The molecule has 0 aromatic heterocycles. The Kier molecular flexibility index (Phi) is 3.17. The molecule has 0 fully saturated rings. The lowest BCUT2D eigenvalue weighted by atomic mass is 10.1. The summed E-state index contributed by atoms with van der Waals surface area (Å²) in [6.45, 7) is 0. The van der Waals surface area contributed by atoms with E-state index in [-0.39, 0.29) is 0 Å². The van der Waals surface area contributed by atoms with Crippen molar-refractivity contribution in [3.8, 4) is 11.1 Å². The van der Waals surface area contributed by atoms with Crippen LogP contribution in [0.1, 0.15) is 0 Å². The molecule has 0 aliphatic rings. The van der Waals surface area contributed by atoms with Gasteiger partial charge in [-0.25, -0.2) is 0 Å². The van der Waals surface area contributed by atoms with Crippen molar-refractivity contribution in [1.29, 1.82) is 0 Å². The summed E-state index contributed by atoms with van der Waals surface area (Å²) >= 11 is 4.19. The molecule has 0 aliphatic heterocycles. The highest BCUT2D eigenvalue weighted by atomic mass is 33.1. The Labute approximate surface area is 93.2 Å². The Morgan fingerprint density at radius 3 is 2.21 bits per heavy atom. The molecule has 0 nitrogen and oxygen atoms in total. The van der Waals surface area contributed by atoms with Crippen LogP contribution in [0, 0.1) is 0 Å². The first-order chi connectivity index (χ1) is 6.90. The molecule has 2 aromatic carbocycles. The second-order valence-electron chi connectivity index (χ2n) is 2.99. The Balaban J connectivity index is 2.42. The Morgan fingerprint density at radius 2 is 1.50 bits per heavy atom. The molecule has 2 heteroatoms. The van der Waals surface area contributed by atoms with Gasteiger partial charge in [0.25, 0.3) is 0 Å². The third-order valence-electron chi connectivity index (χ3n) is 2.05. The molecule has 0 radical (unpaired) electrons. The summed E-state index contributed by atoms with van der Waals surface area (Å²) in [6, 6.07) is 18.7. The van der Waals surface area contributed by atoms with E-state index in [0.29, 0.717) is 0 Å². The summed E-state index contributed by atoms with van der Waals surface area (Å²) in [6.07, 6.45) is 0. The van der Waals surface area contributed by atoms with Gasteiger partial charge in [-0.1, -0.05) is 53.3 Å². The van der Waals surface area contributed by atoms with E-state index in [1.165, 1.54) is 26.8 Å². The number of benzene rings is 2. The lowest BCUT2D eigenvalue weighted by Gasteiger charge is -2.02. The SMILES string of the molecule is SSc1cccc(-c2ccccc2)c1. The zero-order chi connectivity index (χ0) is 9.80. The Morgan fingerprint density at radius 1 is 0.786 bits per heavy atom. The number of hydrogen-bond donors (Lipinski definition) is 1. The number of rotatable bonds is 2. The highest BCUT2D eigenvalue weighted by Crippen LogP contribution is 2.26. The molecule has 0 bridgehead atoms. The lowest BCUT2D eigenvalue weighted by molar-refractivity contribution is 1.47. The average Bonchev–Trinajstić information content (AvgIpc) is 2.30. The molecule has 0 saturated heterocycles. The third-order valence-corrected chi connectivity index (χ3v) is 3.14. The van der Waals surface area contributed by atoms with Gasteiger partial charge in [-0.15, -0.1) is 11.7 Å². The first kappa shape index (κ1) is 9.69. The van der Waals surface area contributed by atoms with Crippen molar-refractivity contribution >= 4 is 22.5 Å². The van der Waals surface area contributed by atoms with Gasteiger partial charge in [0.1, 0.15) is 0 Å². The quantitative estimate of drug-likeness (QED) is 0.579. The Hall–Kier alpha value is -0.860. The van der Waals surface area contributed by atoms with E-state index < -0.39 is 0 Å². The fourth-order valence-electron chi connectivity index (χ4n) is 1.36. The van der Waals surface area contributed by atoms with E-state index in [1.54, 1.807) is 0 Å². The van der Waals surface area contributed by atoms with Crippen LogP contribution in [-0.4, -0.2) is 0 Å². The van der Waals surface area contributed by atoms with Crippen LogP contribution in [0.25, 0.3) is 11.1 Å². The maximum atomic E-state index is 4.19. The van der Waals surface area contributed by atoms with E-state index in [9.17, 15) is 0 Å². The molecular weight excluding hydrogens is 208 g/mol. The third kappa shape index (κ3) is 2.14. The molecule has 0 heterocycles. The van der Waals surface area contributed by atoms with Gasteiger partial charge in [-0.2, -0.15) is 0 Å². The zero-order valence-corrected chi connectivity index (χ0v) is 9.26. The summed E-state index contributed by atoms with van der Waals surface area (Å²) in [5, 5.41) is 0. The normalized spacial score (nSPS) is 10.1. The van der Waals surface area contributed by atoms with Crippen molar-refractivity contribution in [2.45, 2.75) is 4.90 Å². The van der Waals surface area contributed by atoms with Crippen molar-refractivity contribution < 1.29 is 0 Å². The second-order valence-corrected chi connectivity index (χ2v) is 4.19. The molecule has 2 rings (SSSR count). The molecule has 0 unspecified atom stereocenters. The minimum atomic E-state index is 1.18. The molecule has 0 saturated carbocycles. The van der Waals surface area contributed by atoms with Gasteiger partial charge in [0.2, 0.25) is 0 Å². The maximum Gasteiger partial charge on any atom is 0.0186 e. The predicted molar refractivity (Wildman–Crippen MR) is 66.7 cm³/mol. The maximum absolute atomic E-state index is 4.19. The van der Waals surface area contributed by atoms with Crippen LogP contribution in [0.15, 0.2) is 59.5 Å². The summed E-state index contributed by atoms with van der Waals surface area (Å²) < 4.78 is 0. The first-order valence-electron chi connectivity index (χ1n) is 4.37. The molecule has 0 N–H and O–H groups in total. The van der Waals surface area contributed by atoms with Gasteiger partial charge in [0.05, 0.1) is 0 Å². The fourth-order valence-corrected chi connectivity index (χ4v) is 2.02. The molecule has 14 heavy (non-hydrogen) atoms. The minimum absolute atomic E-state index is 1.18. The Bertz CT molecular complexity index is 410. The summed E-state index contributed by atoms with van der Waals surface area (Å²) in [5.74, 6) is 0. The van der Waals surface area contributed by atoms with Gasteiger partial charge in [-0.05, 0) is 23.3 Å². The predicted octanol–water partition coefficient (Wildman–Crippen LogP) is 4.29. The highest BCUT2D eigenvalue weighted by Gasteiger charge is 1.97. The van der Waals surface area contributed by atoms with Crippen LogP contribution in [0.5, 0.6) is 0 Å². The van der Waals surface area contributed by atoms with Crippen molar-refractivity contribution in [3.05, 3.63) is 54.6 Å². The second kappa shape index (κ2) is 4.58. The van der Waals surface area contributed by atoms with E-state index in [1.807, 2.05) is 6.07 Å². The average molecular weight is 218 g/mol. The number of thiol groups is 1. The van der Waals surface area contributed by atoms with E-state index in [2.05, 4.69) is 60.2 Å². The summed E-state index contributed by atoms with van der Waals surface area (Å²) in [4.78, 5) is 1.18. The van der Waals surface area contributed by atoms with Gasteiger partial charge < -0.3 is 0 Å². The summed E-state index contributed by atoms with van der Waals surface area (Å²) in [5.41, 5.74) is 2.49. The van der Waals surface area contributed by atoms with Crippen LogP contribution >= 0.6 is 22.5 Å². The molecular formula is C12H10S2. The van der Waals surface area contributed by atoms with Gasteiger partial charge in [-0.3, -0.25) is 0 Å². The molecule has 0 aliphatic carbocycles. The van der Waals surface area contributed by atoms with Crippen LogP contribution < -0.4 is 0 Å². The lowest BCUT2D eigenvalue weighted by Crippen LogP contribution is -1.76.